The van der Waals surface area contributed by atoms with Gasteiger partial charge in [-0.3, -0.25) is 4.68 Å². The normalized spacial score (nSPS) is 20.7. The van der Waals surface area contributed by atoms with E-state index in [1.165, 1.54) is 44.9 Å². The van der Waals surface area contributed by atoms with Gasteiger partial charge in [-0.1, -0.05) is 26.2 Å². The number of anilines is 2. The second kappa shape index (κ2) is 10.5. The van der Waals surface area contributed by atoms with Crippen LogP contribution in [0, 0.1) is 17.8 Å². The smallest absolute Gasteiger partial charge is 0.365 e. The molecule has 0 bridgehead atoms. The van der Waals surface area contributed by atoms with Crippen molar-refractivity contribution < 1.29 is 4.52 Å². The average Bonchev–Trinajstić information content (AvgIpc) is 3.58. The molecule has 0 aromatic carbocycles. The number of aromatic nitrogens is 8. The molecule has 12 heteroatoms. The van der Waals surface area contributed by atoms with E-state index in [0.717, 1.165) is 35.3 Å². The van der Waals surface area contributed by atoms with Gasteiger partial charge in [-0.2, -0.15) is 15.2 Å². The van der Waals surface area contributed by atoms with Gasteiger partial charge in [0.05, 0.1) is 6.20 Å². The minimum absolute atomic E-state index is 0.197. The summed E-state index contributed by atoms with van der Waals surface area (Å²) in [5.41, 5.74) is 2.57. The van der Waals surface area contributed by atoms with Crippen LogP contribution in [0.4, 0.5) is 11.8 Å². The maximum Gasteiger partial charge on any atom is 0.460 e. The summed E-state index contributed by atoms with van der Waals surface area (Å²) in [5, 5.41) is 10.6. The third-order valence-electron chi connectivity index (χ3n) is 8.55. The number of aromatic amines is 1. The molecule has 0 unspecified atom stereocenters. The number of fused-ring (bicyclic) bond motifs is 1. The number of aryl methyl sites for hydroxylation is 1. The van der Waals surface area contributed by atoms with E-state index < -0.39 is 5.76 Å². The van der Waals surface area contributed by atoms with Crippen LogP contribution in [-0.2, 0) is 20.1 Å². The Morgan fingerprint density at radius 2 is 1.95 bits per heavy atom. The van der Waals surface area contributed by atoms with Crippen LogP contribution in [0.3, 0.4) is 0 Å². The first kappa shape index (κ1) is 25.6. The van der Waals surface area contributed by atoms with Gasteiger partial charge in [0.25, 0.3) is 0 Å². The van der Waals surface area contributed by atoms with Crippen molar-refractivity contribution in [2.45, 2.75) is 77.9 Å². The third kappa shape index (κ3) is 5.28. The van der Waals surface area contributed by atoms with Gasteiger partial charge in [0.15, 0.2) is 11.5 Å². The molecule has 2 aliphatic rings. The van der Waals surface area contributed by atoms with Crippen molar-refractivity contribution in [1.82, 2.24) is 39.4 Å². The Bertz CT molecular complexity index is 1490. The Kier molecular flexibility index (Phi) is 6.86. The number of H-pyrrole nitrogens is 1. The van der Waals surface area contributed by atoms with E-state index in [-0.39, 0.29) is 17.7 Å². The standard InChI is InChI=1S/C27H38N10O2/c1-16-8-10-18(11-9-16)15-37-21-22(29-17(2)20-6-5-7-20)30-24(25-33-27(38)39-34-25)31-23(21)32-26(37)35(3)13-19-12-28-36(4)14-19/h12,14,16-18,20H,5-11,13,15H2,1-4H3,(H,29,30,31)(H,33,34,38)/t16?,17-,18?/m1/s1. The highest BCUT2D eigenvalue weighted by Gasteiger charge is 2.29. The zero-order valence-corrected chi connectivity index (χ0v) is 23.2. The van der Waals surface area contributed by atoms with Crippen LogP contribution in [0.25, 0.3) is 22.8 Å². The van der Waals surface area contributed by atoms with Crippen molar-refractivity contribution in [3.63, 3.8) is 0 Å². The Balaban J connectivity index is 1.46. The van der Waals surface area contributed by atoms with Gasteiger partial charge in [-0.05, 0) is 50.4 Å². The molecule has 0 amide bonds. The third-order valence-corrected chi connectivity index (χ3v) is 8.55. The molecule has 0 radical (unpaired) electrons. The van der Waals surface area contributed by atoms with Gasteiger partial charge in [0.1, 0.15) is 5.52 Å². The van der Waals surface area contributed by atoms with Gasteiger partial charge in [0.2, 0.25) is 17.6 Å². The van der Waals surface area contributed by atoms with Crippen molar-refractivity contribution in [2.75, 3.05) is 17.3 Å². The fourth-order valence-electron chi connectivity index (χ4n) is 5.96. The molecule has 1 atom stereocenters. The molecule has 4 aromatic heterocycles. The number of imidazole rings is 1. The van der Waals surface area contributed by atoms with E-state index in [0.29, 0.717) is 24.0 Å². The zero-order chi connectivity index (χ0) is 27.1. The Hall–Kier alpha value is -3.70. The Morgan fingerprint density at radius 3 is 2.59 bits per heavy atom. The molecule has 2 fully saturated rings. The fourth-order valence-corrected chi connectivity index (χ4v) is 5.96. The van der Waals surface area contributed by atoms with E-state index in [1.807, 2.05) is 24.1 Å². The summed E-state index contributed by atoms with van der Waals surface area (Å²) in [4.78, 5) is 32.4. The van der Waals surface area contributed by atoms with E-state index in [9.17, 15) is 4.79 Å². The molecule has 39 heavy (non-hydrogen) atoms. The largest absolute Gasteiger partial charge is 0.460 e. The van der Waals surface area contributed by atoms with E-state index >= 15 is 0 Å². The number of rotatable bonds is 9. The molecule has 12 nitrogen and oxygen atoms in total. The monoisotopic (exact) mass is 534 g/mol. The predicted molar refractivity (Wildman–Crippen MR) is 148 cm³/mol. The van der Waals surface area contributed by atoms with Crippen LogP contribution < -0.4 is 16.0 Å². The van der Waals surface area contributed by atoms with Crippen molar-refractivity contribution in [3.05, 3.63) is 28.5 Å². The topological polar surface area (TPSA) is 136 Å². The van der Waals surface area contributed by atoms with Gasteiger partial charge in [0, 0.05) is 45.0 Å². The van der Waals surface area contributed by atoms with Crippen LogP contribution in [0.2, 0.25) is 0 Å². The molecule has 4 heterocycles. The summed E-state index contributed by atoms with van der Waals surface area (Å²) in [6.07, 6.45) is 12.5. The zero-order valence-electron chi connectivity index (χ0n) is 23.2. The van der Waals surface area contributed by atoms with Crippen molar-refractivity contribution >= 4 is 22.9 Å². The molecular formula is C27H38N10O2. The summed E-state index contributed by atoms with van der Waals surface area (Å²) in [6.45, 7) is 6.08. The molecule has 4 aromatic rings. The molecule has 6 rings (SSSR count). The highest BCUT2D eigenvalue weighted by atomic mass is 16.5. The molecule has 2 saturated carbocycles. The van der Waals surface area contributed by atoms with E-state index in [1.54, 1.807) is 0 Å². The van der Waals surface area contributed by atoms with Gasteiger partial charge >= 0.3 is 5.76 Å². The number of hydrogen-bond donors (Lipinski definition) is 2. The molecule has 2 N–H and O–H groups in total. The second-order valence-electron chi connectivity index (χ2n) is 11.6. The molecule has 208 valence electrons. The van der Waals surface area contributed by atoms with Crippen LogP contribution in [0.1, 0.15) is 64.4 Å². The fraction of sp³-hybridized carbons (Fsp3) is 0.630. The van der Waals surface area contributed by atoms with Gasteiger partial charge in [-0.25, -0.2) is 14.8 Å². The minimum Gasteiger partial charge on any atom is -0.365 e. The van der Waals surface area contributed by atoms with Crippen LogP contribution >= 0.6 is 0 Å². The molecule has 2 aliphatic carbocycles. The average molecular weight is 535 g/mol. The van der Waals surface area contributed by atoms with Crippen LogP contribution in [-0.4, -0.2) is 52.5 Å². The summed E-state index contributed by atoms with van der Waals surface area (Å²) in [7, 11) is 3.98. The van der Waals surface area contributed by atoms with E-state index in [2.05, 4.69) is 50.9 Å². The van der Waals surface area contributed by atoms with Gasteiger partial charge in [-0.15, -0.1) is 4.98 Å². The summed E-state index contributed by atoms with van der Waals surface area (Å²) >= 11 is 0. The lowest BCUT2D eigenvalue weighted by Crippen LogP contribution is -2.31. The molecule has 0 saturated heterocycles. The molecule has 0 spiro atoms. The van der Waals surface area contributed by atoms with Gasteiger partial charge < -0.3 is 19.3 Å². The SMILES string of the molecule is CC1CCC(Cn2c(N(C)Cc3cnn(C)c3)nc3nc(-c4nc(=O)o[nH]4)nc(N[C@H](C)C4CCC4)c32)CC1. The lowest BCUT2D eigenvalue weighted by atomic mass is 9.80. The lowest BCUT2D eigenvalue weighted by molar-refractivity contribution is 0.267. The molecular weight excluding hydrogens is 496 g/mol. The van der Waals surface area contributed by atoms with E-state index in [4.69, 9.17) is 19.5 Å². The predicted octanol–water partition coefficient (Wildman–Crippen LogP) is 3.97. The Labute approximate surface area is 227 Å². The first-order valence-electron chi connectivity index (χ1n) is 14.1. The first-order chi connectivity index (χ1) is 18.8. The highest BCUT2D eigenvalue weighted by Crippen LogP contribution is 2.36. The maximum absolute atomic E-state index is 11.7. The highest BCUT2D eigenvalue weighted by molar-refractivity contribution is 5.87. The quantitative estimate of drug-likeness (QED) is 0.327. The first-order valence-corrected chi connectivity index (χ1v) is 14.1. The number of nitrogens with zero attached hydrogens (tertiary/aromatic N) is 8. The van der Waals surface area contributed by atoms with Crippen LogP contribution in [0.5, 0.6) is 0 Å². The van der Waals surface area contributed by atoms with Crippen molar-refractivity contribution in [2.24, 2.45) is 24.8 Å². The number of hydrogen-bond acceptors (Lipinski definition) is 9. The Morgan fingerprint density at radius 1 is 1.15 bits per heavy atom. The van der Waals surface area contributed by atoms with Crippen molar-refractivity contribution in [3.8, 4) is 11.6 Å². The summed E-state index contributed by atoms with van der Waals surface area (Å²) in [5.74, 6) is 3.28. The number of nitrogens with one attached hydrogen (secondary N) is 2. The lowest BCUT2D eigenvalue weighted by Gasteiger charge is -2.32. The van der Waals surface area contributed by atoms with Crippen molar-refractivity contribution in [1.29, 1.82) is 0 Å². The van der Waals surface area contributed by atoms with Crippen LogP contribution in [0.15, 0.2) is 21.7 Å². The summed E-state index contributed by atoms with van der Waals surface area (Å²) < 4.78 is 8.95. The second-order valence-corrected chi connectivity index (χ2v) is 11.6. The maximum atomic E-state index is 11.7. The minimum atomic E-state index is -0.708. The summed E-state index contributed by atoms with van der Waals surface area (Å²) in [6, 6.07) is 0.247. The molecule has 0 aliphatic heterocycles.